The molecule has 0 aromatic carbocycles. The highest BCUT2D eigenvalue weighted by Crippen LogP contribution is 2.18. The number of aliphatic carboxylic acids is 1. The molecule has 0 aromatic heterocycles. The van der Waals surface area contributed by atoms with E-state index in [1.165, 1.54) is 38.5 Å². The van der Waals surface area contributed by atoms with Crippen LogP contribution in [0.5, 0.6) is 0 Å². The molecule has 0 bridgehead atoms. The van der Waals surface area contributed by atoms with Crippen LogP contribution < -0.4 is 0 Å². The Labute approximate surface area is 247 Å². The van der Waals surface area contributed by atoms with Crippen LogP contribution in [0.4, 0.5) is 0 Å². The van der Waals surface area contributed by atoms with Gasteiger partial charge < -0.3 is 9.84 Å². The van der Waals surface area contributed by atoms with Crippen molar-refractivity contribution in [3.05, 3.63) is 48.6 Å². The molecule has 4 heteroatoms. The smallest absolute Gasteiger partial charge is 0.306 e. The van der Waals surface area contributed by atoms with Crippen molar-refractivity contribution in [2.75, 3.05) is 0 Å². The summed E-state index contributed by atoms with van der Waals surface area (Å²) in [5, 5.41) is 8.76. The molecule has 0 saturated heterocycles. The zero-order valence-electron chi connectivity index (χ0n) is 26.1. The summed E-state index contributed by atoms with van der Waals surface area (Å²) in [4.78, 5) is 23.2. The minimum absolute atomic E-state index is 0.0384. The predicted octanol–water partition coefficient (Wildman–Crippen LogP) is 11.2. The van der Waals surface area contributed by atoms with Crippen LogP contribution in [-0.2, 0) is 14.3 Å². The van der Waals surface area contributed by atoms with Gasteiger partial charge in [-0.1, -0.05) is 120 Å². The molecule has 4 nitrogen and oxygen atoms in total. The van der Waals surface area contributed by atoms with E-state index in [2.05, 4.69) is 62.5 Å². The van der Waals surface area contributed by atoms with Crippen molar-refractivity contribution in [2.24, 2.45) is 0 Å². The molecule has 0 aromatic rings. The van der Waals surface area contributed by atoms with Gasteiger partial charge in [-0.2, -0.15) is 0 Å². The third kappa shape index (κ3) is 30.4. The van der Waals surface area contributed by atoms with E-state index in [0.717, 1.165) is 96.3 Å². The standard InChI is InChI=1S/C36H62O4/c1-3-5-7-9-11-12-13-14-15-16-17-18-20-25-29-33-36(39)40-34(30-26-22-19-10-8-6-4-2)31-27-23-21-24-28-32-35(37)38/h5,7,11-12,14-15,17-18,34H,3-4,6,8-10,13,16,19-33H2,1-2H3,(H,37,38)/b7-5-,12-11-,15-14-,18-17-. The number of hydrogen-bond acceptors (Lipinski definition) is 3. The van der Waals surface area contributed by atoms with Crippen LogP contribution in [0, 0.1) is 0 Å². The Hall–Kier alpha value is -2.10. The maximum absolute atomic E-state index is 12.5. The first-order valence-corrected chi connectivity index (χ1v) is 16.6. The second-order valence-electron chi connectivity index (χ2n) is 11.0. The molecular formula is C36H62O4. The summed E-state index contributed by atoms with van der Waals surface area (Å²) in [6.07, 6.45) is 41.2. The molecule has 0 rings (SSSR count). The van der Waals surface area contributed by atoms with Gasteiger partial charge in [0.15, 0.2) is 0 Å². The van der Waals surface area contributed by atoms with E-state index in [0.29, 0.717) is 6.42 Å². The third-order valence-corrected chi connectivity index (χ3v) is 7.07. The van der Waals surface area contributed by atoms with Gasteiger partial charge in [0, 0.05) is 12.8 Å². The van der Waals surface area contributed by atoms with Gasteiger partial charge in [-0.05, 0) is 77.0 Å². The maximum atomic E-state index is 12.5. The van der Waals surface area contributed by atoms with Gasteiger partial charge >= 0.3 is 11.9 Å². The SMILES string of the molecule is CC/C=C\C/C=C\C/C=C\C/C=C\CCCCC(=O)OC(CCCCCCCCC)CCCCCCCC(=O)O. The van der Waals surface area contributed by atoms with Gasteiger partial charge in [-0.15, -0.1) is 0 Å². The van der Waals surface area contributed by atoms with E-state index in [9.17, 15) is 9.59 Å². The van der Waals surface area contributed by atoms with E-state index in [-0.39, 0.29) is 18.5 Å². The third-order valence-electron chi connectivity index (χ3n) is 7.07. The highest BCUT2D eigenvalue weighted by Gasteiger charge is 2.14. The number of carboxylic acid groups (broad SMARTS) is 1. The Kier molecular flexibility index (Phi) is 29.8. The second kappa shape index (κ2) is 31.4. The monoisotopic (exact) mass is 558 g/mol. The van der Waals surface area contributed by atoms with E-state index < -0.39 is 5.97 Å². The van der Waals surface area contributed by atoms with Crippen molar-refractivity contribution in [1.29, 1.82) is 0 Å². The van der Waals surface area contributed by atoms with Gasteiger partial charge in [0.2, 0.25) is 0 Å². The molecule has 0 aliphatic carbocycles. The number of ether oxygens (including phenoxy) is 1. The van der Waals surface area contributed by atoms with E-state index >= 15 is 0 Å². The predicted molar refractivity (Wildman–Crippen MR) is 172 cm³/mol. The summed E-state index contributed by atoms with van der Waals surface area (Å²) < 4.78 is 5.92. The number of carboxylic acids is 1. The normalized spacial score (nSPS) is 12.8. The molecule has 0 saturated carbocycles. The Bertz CT molecular complexity index is 689. The molecule has 0 radical (unpaired) electrons. The zero-order chi connectivity index (χ0) is 29.4. The van der Waals surface area contributed by atoms with Crippen molar-refractivity contribution >= 4 is 11.9 Å². The molecule has 0 spiro atoms. The lowest BCUT2D eigenvalue weighted by atomic mass is 10.0. The van der Waals surface area contributed by atoms with Crippen LogP contribution in [0.15, 0.2) is 48.6 Å². The van der Waals surface area contributed by atoms with Crippen molar-refractivity contribution in [2.45, 2.75) is 168 Å². The summed E-state index contributed by atoms with van der Waals surface area (Å²) in [5.41, 5.74) is 0. The van der Waals surface area contributed by atoms with Crippen LogP contribution in [0.3, 0.4) is 0 Å². The summed E-state index contributed by atoms with van der Waals surface area (Å²) in [6.45, 7) is 4.40. The number of allylic oxidation sites excluding steroid dienone is 8. The Morgan fingerprint density at radius 2 is 1.05 bits per heavy atom. The fourth-order valence-corrected chi connectivity index (χ4v) is 4.64. The first kappa shape index (κ1) is 37.9. The molecule has 0 heterocycles. The minimum atomic E-state index is -0.708. The van der Waals surface area contributed by atoms with Gasteiger partial charge in [0.25, 0.3) is 0 Å². The fourth-order valence-electron chi connectivity index (χ4n) is 4.64. The van der Waals surface area contributed by atoms with Gasteiger partial charge in [-0.25, -0.2) is 0 Å². The highest BCUT2D eigenvalue weighted by molar-refractivity contribution is 5.69. The first-order chi connectivity index (χ1) is 19.6. The summed E-state index contributed by atoms with van der Waals surface area (Å²) >= 11 is 0. The van der Waals surface area contributed by atoms with Crippen LogP contribution in [0.2, 0.25) is 0 Å². The van der Waals surface area contributed by atoms with Crippen molar-refractivity contribution in [3.63, 3.8) is 0 Å². The maximum Gasteiger partial charge on any atom is 0.306 e. The van der Waals surface area contributed by atoms with Crippen LogP contribution in [0.25, 0.3) is 0 Å². The van der Waals surface area contributed by atoms with Gasteiger partial charge in [0.05, 0.1) is 0 Å². The van der Waals surface area contributed by atoms with E-state index in [4.69, 9.17) is 9.84 Å². The first-order valence-electron chi connectivity index (χ1n) is 16.6. The number of hydrogen-bond donors (Lipinski definition) is 1. The number of esters is 1. The lowest BCUT2D eigenvalue weighted by Crippen LogP contribution is -2.18. The van der Waals surface area contributed by atoms with E-state index in [1.807, 2.05) is 0 Å². The summed E-state index contributed by atoms with van der Waals surface area (Å²) in [6, 6.07) is 0. The molecular weight excluding hydrogens is 496 g/mol. The van der Waals surface area contributed by atoms with Crippen molar-refractivity contribution in [1.82, 2.24) is 0 Å². The Balaban J connectivity index is 4.10. The molecule has 1 atom stereocenters. The molecule has 0 amide bonds. The molecule has 1 unspecified atom stereocenters. The fraction of sp³-hybridized carbons (Fsp3) is 0.722. The minimum Gasteiger partial charge on any atom is -0.481 e. The molecule has 0 fully saturated rings. The topological polar surface area (TPSA) is 63.6 Å². The summed E-state index contributed by atoms with van der Waals surface area (Å²) in [5.74, 6) is -0.750. The van der Waals surface area contributed by atoms with Crippen LogP contribution in [-0.4, -0.2) is 23.1 Å². The molecule has 230 valence electrons. The Morgan fingerprint density at radius 1 is 0.575 bits per heavy atom. The molecule has 0 aliphatic heterocycles. The Morgan fingerprint density at radius 3 is 1.60 bits per heavy atom. The lowest BCUT2D eigenvalue weighted by molar-refractivity contribution is -0.150. The average molecular weight is 559 g/mol. The number of carbonyl (C=O) groups excluding carboxylic acids is 1. The molecule has 1 N–H and O–H groups in total. The van der Waals surface area contributed by atoms with Crippen molar-refractivity contribution < 1.29 is 19.4 Å². The van der Waals surface area contributed by atoms with Crippen LogP contribution in [0.1, 0.15) is 162 Å². The van der Waals surface area contributed by atoms with Gasteiger partial charge in [-0.3, -0.25) is 9.59 Å². The van der Waals surface area contributed by atoms with E-state index in [1.54, 1.807) is 0 Å². The zero-order valence-corrected chi connectivity index (χ0v) is 26.1. The van der Waals surface area contributed by atoms with Crippen LogP contribution >= 0.6 is 0 Å². The average Bonchev–Trinajstić information content (AvgIpc) is 2.93. The highest BCUT2D eigenvalue weighted by atomic mass is 16.5. The summed E-state index contributed by atoms with van der Waals surface area (Å²) in [7, 11) is 0. The quantitative estimate of drug-likeness (QED) is 0.0563. The largest absolute Gasteiger partial charge is 0.481 e. The molecule has 40 heavy (non-hydrogen) atoms. The van der Waals surface area contributed by atoms with Gasteiger partial charge in [0.1, 0.15) is 6.10 Å². The number of unbranched alkanes of at least 4 members (excludes halogenated alkanes) is 12. The van der Waals surface area contributed by atoms with Crippen molar-refractivity contribution in [3.8, 4) is 0 Å². The molecule has 0 aliphatic rings. The number of carbonyl (C=O) groups is 2. The number of rotatable bonds is 29. The lowest BCUT2D eigenvalue weighted by Gasteiger charge is -2.18. The second-order valence-corrected chi connectivity index (χ2v) is 11.0.